The van der Waals surface area contributed by atoms with Crippen LogP contribution in [0.4, 0.5) is 0 Å². The second-order valence-electron chi connectivity index (χ2n) is 13.8. The summed E-state index contributed by atoms with van der Waals surface area (Å²) in [7, 11) is 0. The number of benzene rings is 6. The van der Waals surface area contributed by atoms with E-state index < -0.39 is 0 Å². The van der Waals surface area contributed by atoms with Gasteiger partial charge < -0.3 is 23.7 Å². The molecule has 0 unspecified atom stereocenters. The van der Waals surface area contributed by atoms with Gasteiger partial charge in [-0.3, -0.25) is 9.59 Å². The van der Waals surface area contributed by atoms with E-state index in [-0.39, 0.29) is 25.2 Å². The van der Waals surface area contributed by atoms with Crippen LogP contribution in [0.25, 0.3) is 0 Å². The van der Waals surface area contributed by atoms with Crippen molar-refractivity contribution < 1.29 is 33.3 Å². The van der Waals surface area contributed by atoms with Crippen LogP contribution in [-0.4, -0.2) is 42.4 Å². The number of rotatable bonds is 0. The van der Waals surface area contributed by atoms with Gasteiger partial charge in [0.25, 0.3) is 13.4 Å². The third-order valence-corrected chi connectivity index (χ3v) is 11.7. The van der Waals surface area contributed by atoms with Gasteiger partial charge in [0.1, 0.15) is 46.0 Å². The van der Waals surface area contributed by atoms with Crippen LogP contribution in [0.2, 0.25) is 0 Å². The third-order valence-electron chi connectivity index (χ3n) is 10.3. The number of imide groups is 1. The van der Waals surface area contributed by atoms with Crippen LogP contribution in [0.15, 0.2) is 132 Å². The van der Waals surface area contributed by atoms with E-state index in [1.54, 1.807) is 0 Å². The van der Waals surface area contributed by atoms with Crippen molar-refractivity contribution in [2.75, 3.05) is 13.2 Å². The summed E-state index contributed by atoms with van der Waals surface area (Å²) >= 11 is 6.41. The Bertz CT molecular complexity index is 2390. The van der Waals surface area contributed by atoms with Crippen LogP contribution < -0.4 is 51.7 Å². The highest BCUT2D eigenvalue weighted by Crippen LogP contribution is 2.38. The molecule has 2 amide bonds. The molecule has 6 aliphatic rings. The highest BCUT2D eigenvalue weighted by Gasteiger charge is 2.41. The van der Waals surface area contributed by atoms with Crippen molar-refractivity contribution in [2.24, 2.45) is 0 Å². The molecule has 6 aromatic rings. The van der Waals surface area contributed by atoms with Crippen molar-refractivity contribution in [3.05, 3.63) is 132 Å². The van der Waals surface area contributed by atoms with E-state index in [2.05, 4.69) is 80.6 Å². The minimum atomic E-state index is -0.144. The predicted molar refractivity (Wildman–Crippen MR) is 226 cm³/mol. The number of hydrogen-bond donors (Lipinski definition) is 0. The maximum absolute atomic E-state index is 10.4. The van der Waals surface area contributed by atoms with Crippen LogP contribution in [0.3, 0.4) is 0 Å². The first-order valence-electron chi connectivity index (χ1n) is 18.6. The van der Waals surface area contributed by atoms with Crippen LogP contribution in [-0.2, 0) is 14.3 Å². The Morgan fingerprint density at radius 3 is 1.27 bits per heavy atom. The van der Waals surface area contributed by atoms with Crippen molar-refractivity contribution in [3.63, 3.8) is 0 Å². The van der Waals surface area contributed by atoms with Gasteiger partial charge in [-0.25, -0.2) is 3.93 Å². The molecule has 0 spiro atoms. The molecule has 0 aromatic heterocycles. The van der Waals surface area contributed by atoms with E-state index >= 15 is 0 Å². The first-order valence-corrected chi connectivity index (χ1v) is 20.1. The second kappa shape index (κ2) is 15.7. The monoisotopic (exact) mass is 867 g/mol. The topological polar surface area (TPSA) is 83.5 Å². The molecule has 6 aromatic carbocycles. The molecule has 2 fully saturated rings. The lowest BCUT2D eigenvalue weighted by atomic mass is 9.35. The fraction of sp³-hybridized carbons (Fsp3) is 0.136. The zero-order valence-corrected chi connectivity index (χ0v) is 33.3. The molecule has 0 bridgehead atoms. The smallest absolute Gasteiger partial charge is 0.260 e. The first kappa shape index (κ1) is 36.4. The number of halogens is 2. The lowest BCUT2D eigenvalue weighted by Gasteiger charge is -2.33. The van der Waals surface area contributed by atoms with Gasteiger partial charge in [-0.15, -0.1) is 0 Å². The predicted octanol–water partition coefficient (Wildman–Crippen LogP) is 6.83. The molecule has 2 saturated heterocycles. The average Bonchev–Trinajstić information content (AvgIpc) is 3.93. The van der Waals surface area contributed by atoms with E-state index in [1.165, 1.54) is 34.7 Å². The van der Waals surface area contributed by atoms with Crippen molar-refractivity contribution in [1.82, 2.24) is 3.93 Å². The molecule has 0 atom stereocenters. The molecule has 6 aliphatic heterocycles. The molecular weight excluding hydrogens is 836 g/mol. The average molecular weight is 869 g/mol. The summed E-state index contributed by atoms with van der Waals surface area (Å²) in [6.45, 7) is 2.34. The molecule has 12 heteroatoms. The molecule has 8 nitrogen and oxygen atoms in total. The standard InChI is InChI=1S/C18H10BBrO2.C18H11BO2.C4H4BrNO2.C4H8O/c20-13-9-10-16-17-18(13)22-15-8-4-2-6-12(15)19(17)11-5-1-3-7-14(11)21-16;1-3-8-14-12(6-1)19-13-7-2-4-9-15(13)21-17-11-5-10-16(20-14)18(17)19;5-6-3(7)1-2-4(6)8;1-2-4-5-3-1/h1-10H;1-11H;1-2H2;1-4H2. The zero-order valence-electron chi connectivity index (χ0n) is 30.1. The van der Waals surface area contributed by atoms with Crippen LogP contribution in [0.1, 0.15) is 25.7 Å². The summed E-state index contributed by atoms with van der Waals surface area (Å²) in [6, 6.07) is 42.9. The lowest BCUT2D eigenvalue weighted by Crippen LogP contribution is -2.57. The van der Waals surface area contributed by atoms with Gasteiger partial charge in [0.15, 0.2) is 0 Å². The van der Waals surface area contributed by atoms with Crippen molar-refractivity contribution >= 4 is 90.1 Å². The molecule has 6 heterocycles. The van der Waals surface area contributed by atoms with Gasteiger partial charge >= 0.3 is 0 Å². The van der Waals surface area contributed by atoms with Crippen molar-refractivity contribution in [1.29, 1.82) is 0 Å². The Hall–Kier alpha value is -5.29. The van der Waals surface area contributed by atoms with Crippen LogP contribution in [0.5, 0.6) is 46.0 Å². The zero-order chi connectivity index (χ0) is 38.2. The fourth-order valence-electron chi connectivity index (χ4n) is 7.74. The highest BCUT2D eigenvalue weighted by atomic mass is 79.9. The fourth-order valence-corrected chi connectivity index (χ4v) is 8.52. The Labute approximate surface area is 342 Å². The van der Waals surface area contributed by atoms with E-state index in [9.17, 15) is 9.59 Å². The first-order chi connectivity index (χ1) is 27.5. The maximum Gasteiger partial charge on any atom is 0.260 e. The summed E-state index contributed by atoms with van der Waals surface area (Å²) in [5.74, 6) is 6.93. The number of ether oxygens (including phenoxy) is 5. The summed E-state index contributed by atoms with van der Waals surface area (Å²) < 4.78 is 31.2. The van der Waals surface area contributed by atoms with E-state index in [0.29, 0.717) is 12.8 Å². The Morgan fingerprint density at radius 2 is 0.857 bits per heavy atom. The number of carbonyl (C=O) groups excluding carboxylic acids is 2. The van der Waals surface area contributed by atoms with Gasteiger partial charge in [-0.1, -0.05) is 78.9 Å². The molecule has 56 heavy (non-hydrogen) atoms. The van der Waals surface area contributed by atoms with Crippen LogP contribution >= 0.6 is 32.1 Å². The summed E-state index contributed by atoms with van der Waals surface area (Å²) in [5, 5.41) is 0. The molecule has 0 radical (unpaired) electrons. The summed E-state index contributed by atoms with van der Waals surface area (Å²) in [5.41, 5.74) is 7.01. The number of amides is 2. The van der Waals surface area contributed by atoms with Crippen molar-refractivity contribution in [3.8, 4) is 46.0 Å². The largest absolute Gasteiger partial charge is 0.458 e. The van der Waals surface area contributed by atoms with E-state index in [1.807, 2.05) is 78.9 Å². The minimum Gasteiger partial charge on any atom is -0.458 e. The quantitative estimate of drug-likeness (QED) is 0.0940. The van der Waals surface area contributed by atoms with Gasteiger partial charge in [-0.05, 0) is 99.2 Å². The van der Waals surface area contributed by atoms with Crippen molar-refractivity contribution in [2.45, 2.75) is 25.7 Å². The number of nitrogens with zero attached hydrogens (tertiary/aromatic N) is 1. The summed E-state index contributed by atoms with van der Waals surface area (Å²) in [6.07, 6.45) is 3.26. The van der Waals surface area contributed by atoms with E-state index in [0.717, 1.165) is 78.5 Å². The maximum atomic E-state index is 10.4. The number of carbonyl (C=O) groups is 2. The Balaban J connectivity index is 0.000000112. The molecule has 0 saturated carbocycles. The molecule has 12 rings (SSSR count). The number of fused-ring (bicyclic) bond motifs is 8. The summed E-state index contributed by atoms with van der Waals surface area (Å²) in [4.78, 5) is 20.9. The molecule has 0 N–H and O–H groups in total. The number of para-hydroxylation sites is 4. The number of hydrogen-bond acceptors (Lipinski definition) is 7. The third kappa shape index (κ3) is 6.80. The normalized spacial score (nSPS) is 15.4. The van der Waals surface area contributed by atoms with Crippen LogP contribution in [0, 0.1) is 0 Å². The van der Waals surface area contributed by atoms with E-state index in [4.69, 9.17) is 23.7 Å². The van der Waals surface area contributed by atoms with Gasteiger partial charge in [0.05, 0.1) is 20.6 Å². The molecular formula is C44H33B2Br2NO7. The highest BCUT2D eigenvalue weighted by molar-refractivity contribution is 9.10. The van der Waals surface area contributed by atoms with Gasteiger partial charge in [-0.2, -0.15) is 0 Å². The lowest BCUT2D eigenvalue weighted by molar-refractivity contribution is -0.131. The SMILES string of the molecule is Brc1ccc2c3c1Oc1ccccc1B3c1ccccc1O2.C1CCOC1.O=C1CCC(=O)N1Br.c1ccc2c(c1)Oc1cccc3c1B2c1ccccc1O3. The van der Waals surface area contributed by atoms with Gasteiger partial charge in [0, 0.05) is 37.0 Å². The second-order valence-corrected chi connectivity index (χ2v) is 15.3. The molecule has 276 valence electrons. The Kier molecular flexibility index (Phi) is 10.2. The minimum absolute atomic E-state index is 0.144. The molecule has 0 aliphatic carbocycles. The van der Waals surface area contributed by atoms with Gasteiger partial charge in [0.2, 0.25) is 11.8 Å². The Morgan fingerprint density at radius 1 is 0.464 bits per heavy atom.